The normalized spacial score (nSPS) is 16.8. The lowest BCUT2D eigenvalue weighted by atomic mass is 10.0. The van der Waals surface area contributed by atoms with Crippen molar-refractivity contribution in [1.29, 1.82) is 0 Å². The van der Waals surface area contributed by atoms with Crippen molar-refractivity contribution in [3.8, 4) is 5.75 Å². The van der Waals surface area contributed by atoms with Crippen LogP contribution in [0.15, 0.2) is 48.5 Å². The quantitative estimate of drug-likeness (QED) is 0.613. The van der Waals surface area contributed by atoms with Crippen LogP contribution in [0.5, 0.6) is 5.75 Å². The molecule has 0 saturated heterocycles. The minimum Gasteiger partial charge on any atom is -0.490 e. The summed E-state index contributed by atoms with van der Waals surface area (Å²) in [4.78, 5) is 12.2. The van der Waals surface area contributed by atoms with Crippen molar-refractivity contribution in [3.05, 3.63) is 70.3 Å². The zero-order chi connectivity index (χ0) is 14.8. The van der Waals surface area contributed by atoms with Gasteiger partial charge >= 0.3 is 0 Å². The molecule has 1 unspecified atom stereocenters. The number of ether oxygens (including phenoxy) is 1. The average molecular weight is 299 g/mol. The molecule has 0 saturated carbocycles. The molecule has 2 aromatic rings. The van der Waals surface area contributed by atoms with Crippen LogP contribution in [0.4, 0.5) is 0 Å². The van der Waals surface area contributed by atoms with Gasteiger partial charge in [0.2, 0.25) is 0 Å². The van der Waals surface area contributed by atoms with E-state index in [2.05, 4.69) is 0 Å². The molecule has 106 valence electrons. The highest BCUT2D eigenvalue weighted by Crippen LogP contribution is 2.29. The molecule has 1 aliphatic rings. The largest absolute Gasteiger partial charge is 0.490 e. The average Bonchev–Trinajstić information content (AvgIpc) is 2.85. The molecule has 1 heterocycles. The lowest BCUT2D eigenvalue weighted by Crippen LogP contribution is -2.05. The highest BCUT2D eigenvalue weighted by atomic mass is 35.5. The summed E-state index contributed by atoms with van der Waals surface area (Å²) in [6.07, 6.45) is 4.34. The fourth-order valence-electron chi connectivity index (χ4n) is 2.45. The summed E-state index contributed by atoms with van der Waals surface area (Å²) in [6.45, 7) is 2.03. The van der Waals surface area contributed by atoms with Crippen molar-refractivity contribution in [3.63, 3.8) is 0 Å². The van der Waals surface area contributed by atoms with E-state index in [1.165, 1.54) is 0 Å². The molecule has 0 amide bonds. The van der Waals surface area contributed by atoms with Crippen molar-refractivity contribution in [2.75, 3.05) is 0 Å². The Morgan fingerprint density at radius 2 is 2.10 bits per heavy atom. The number of rotatable bonds is 3. The van der Waals surface area contributed by atoms with E-state index in [4.69, 9.17) is 16.3 Å². The van der Waals surface area contributed by atoms with Gasteiger partial charge in [0, 0.05) is 17.0 Å². The van der Waals surface area contributed by atoms with Crippen molar-refractivity contribution in [2.45, 2.75) is 19.4 Å². The van der Waals surface area contributed by atoms with Gasteiger partial charge in [-0.05, 0) is 54.5 Å². The maximum absolute atomic E-state index is 12.2. The van der Waals surface area contributed by atoms with Crippen LogP contribution < -0.4 is 4.74 Å². The van der Waals surface area contributed by atoms with Gasteiger partial charge in [-0.3, -0.25) is 4.79 Å². The lowest BCUT2D eigenvalue weighted by molar-refractivity contribution is 0.104. The fourth-order valence-corrected chi connectivity index (χ4v) is 2.65. The molecule has 3 heteroatoms. The molecule has 0 radical (unpaired) electrons. The molecule has 0 bridgehead atoms. The predicted molar refractivity (Wildman–Crippen MR) is 85.1 cm³/mol. The van der Waals surface area contributed by atoms with E-state index in [0.29, 0.717) is 10.6 Å². The first-order valence-electron chi connectivity index (χ1n) is 6.90. The number of fused-ring (bicyclic) bond motifs is 1. The highest BCUT2D eigenvalue weighted by Gasteiger charge is 2.19. The topological polar surface area (TPSA) is 26.3 Å². The van der Waals surface area contributed by atoms with Gasteiger partial charge in [0.25, 0.3) is 0 Å². The van der Waals surface area contributed by atoms with Crippen molar-refractivity contribution in [2.24, 2.45) is 0 Å². The van der Waals surface area contributed by atoms with Crippen LogP contribution in [-0.4, -0.2) is 11.9 Å². The van der Waals surface area contributed by atoms with Gasteiger partial charge in [-0.15, -0.1) is 0 Å². The summed E-state index contributed by atoms with van der Waals surface area (Å²) in [5.74, 6) is 0.853. The van der Waals surface area contributed by atoms with Gasteiger partial charge < -0.3 is 4.74 Å². The monoisotopic (exact) mass is 298 g/mol. The van der Waals surface area contributed by atoms with Crippen molar-refractivity contribution in [1.82, 2.24) is 0 Å². The van der Waals surface area contributed by atoms with Crippen molar-refractivity contribution < 1.29 is 9.53 Å². The Kier molecular flexibility index (Phi) is 3.80. The molecule has 21 heavy (non-hydrogen) atoms. The number of ketones is 1. The second kappa shape index (κ2) is 5.74. The van der Waals surface area contributed by atoms with Gasteiger partial charge in [-0.2, -0.15) is 0 Å². The van der Waals surface area contributed by atoms with Gasteiger partial charge in [-0.1, -0.05) is 29.8 Å². The number of carbonyl (C=O) groups is 1. The smallest absolute Gasteiger partial charge is 0.185 e. The molecule has 1 atom stereocenters. The van der Waals surface area contributed by atoms with Crippen LogP contribution in [0, 0.1) is 0 Å². The number of benzene rings is 2. The van der Waals surface area contributed by atoms with Crippen molar-refractivity contribution >= 4 is 23.5 Å². The number of hydrogen-bond acceptors (Lipinski definition) is 2. The molecule has 0 N–H and O–H groups in total. The molecule has 2 aromatic carbocycles. The summed E-state index contributed by atoms with van der Waals surface area (Å²) in [5.41, 5.74) is 2.61. The second-order valence-electron chi connectivity index (χ2n) is 5.17. The first-order chi connectivity index (χ1) is 10.1. The van der Waals surface area contributed by atoms with Crippen LogP contribution in [0.1, 0.15) is 28.4 Å². The maximum Gasteiger partial charge on any atom is 0.185 e. The van der Waals surface area contributed by atoms with Crippen LogP contribution in [-0.2, 0) is 6.42 Å². The fraction of sp³-hybridized carbons (Fsp3) is 0.167. The Balaban J connectivity index is 1.81. The van der Waals surface area contributed by atoms with Crippen LogP contribution in [0.2, 0.25) is 5.02 Å². The predicted octanol–water partition coefficient (Wildman–Crippen LogP) is 4.56. The van der Waals surface area contributed by atoms with E-state index in [0.717, 1.165) is 23.3 Å². The van der Waals surface area contributed by atoms with E-state index in [1.54, 1.807) is 24.3 Å². The summed E-state index contributed by atoms with van der Waals surface area (Å²) in [5, 5.41) is 0.637. The minimum absolute atomic E-state index is 0.0303. The summed E-state index contributed by atoms with van der Waals surface area (Å²) < 4.78 is 5.64. The molecule has 0 fully saturated rings. The number of hydrogen-bond donors (Lipinski definition) is 0. The van der Waals surface area contributed by atoms with E-state index < -0.39 is 0 Å². The minimum atomic E-state index is -0.0303. The molecular formula is C18H15ClO2. The number of allylic oxidation sites excluding steroid dienone is 1. The molecule has 1 aliphatic heterocycles. The Bertz CT molecular complexity index is 719. The molecular weight excluding hydrogens is 284 g/mol. The lowest BCUT2D eigenvalue weighted by Gasteiger charge is -2.02. The van der Waals surface area contributed by atoms with E-state index >= 15 is 0 Å². The second-order valence-corrected chi connectivity index (χ2v) is 5.58. The van der Waals surface area contributed by atoms with E-state index in [1.807, 2.05) is 37.3 Å². The van der Waals surface area contributed by atoms with Gasteiger partial charge in [-0.25, -0.2) is 0 Å². The molecule has 0 spiro atoms. The third-order valence-electron chi connectivity index (χ3n) is 3.50. The zero-order valence-corrected chi connectivity index (χ0v) is 12.4. The number of carbonyl (C=O) groups excluding carboxylic acids is 1. The SMILES string of the molecule is CC1Cc2cc(C(=O)/C=C/c3ccccc3Cl)ccc2O1. The zero-order valence-electron chi connectivity index (χ0n) is 11.7. The van der Waals surface area contributed by atoms with Crippen LogP contribution >= 0.6 is 11.6 Å². The van der Waals surface area contributed by atoms with Crippen LogP contribution in [0.25, 0.3) is 6.08 Å². The molecule has 0 aromatic heterocycles. The highest BCUT2D eigenvalue weighted by molar-refractivity contribution is 6.32. The molecule has 2 nitrogen and oxygen atoms in total. The third-order valence-corrected chi connectivity index (χ3v) is 3.84. The van der Waals surface area contributed by atoms with E-state index in [9.17, 15) is 4.79 Å². The third kappa shape index (κ3) is 3.01. The molecule has 0 aliphatic carbocycles. The van der Waals surface area contributed by atoms with Crippen LogP contribution in [0.3, 0.4) is 0 Å². The summed E-state index contributed by atoms with van der Waals surface area (Å²) in [7, 11) is 0. The Labute approximate surface area is 129 Å². The van der Waals surface area contributed by atoms with E-state index in [-0.39, 0.29) is 11.9 Å². The number of halogens is 1. The Morgan fingerprint density at radius 3 is 2.90 bits per heavy atom. The van der Waals surface area contributed by atoms with Gasteiger partial charge in [0.05, 0.1) is 0 Å². The first kappa shape index (κ1) is 13.9. The standard InChI is InChI=1S/C18H15ClO2/c1-12-10-15-11-14(7-9-18(15)21-12)17(20)8-6-13-4-2-3-5-16(13)19/h2-9,11-12H,10H2,1H3/b8-6+. The first-order valence-corrected chi connectivity index (χ1v) is 7.28. The summed E-state index contributed by atoms with van der Waals surface area (Å²) in [6, 6.07) is 13.0. The maximum atomic E-state index is 12.2. The molecule has 3 rings (SSSR count). The Hall–Kier alpha value is -2.06. The summed E-state index contributed by atoms with van der Waals surface area (Å²) >= 11 is 6.07. The Morgan fingerprint density at radius 1 is 1.29 bits per heavy atom. The van der Waals surface area contributed by atoms with Gasteiger partial charge in [0.15, 0.2) is 5.78 Å². The van der Waals surface area contributed by atoms with Gasteiger partial charge in [0.1, 0.15) is 11.9 Å².